The zero-order chi connectivity index (χ0) is 9.84. The van der Waals surface area contributed by atoms with E-state index in [4.69, 9.17) is 4.74 Å². The maximum absolute atomic E-state index is 11.0. The van der Waals surface area contributed by atoms with E-state index in [1.807, 2.05) is 0 Å². The van der Waals surface area contributed by atoms with Crippen LogP contribution >= 0.6 is 0 Å². The van der Waals surface area contributed by atoms with E-state index in [9.17, 15) is 9.90 Å². The van der Waals surface area contributed by atoms with E-state index in [0.717, 1.165) is 19.4 Å². The lowest BCUT2D eigenvalue weighted by Gasteiger charge is -2.21. The summed E-state index contributed by atoms with van der Waals surface area (Å²) in [4.78, 5) is 11.0. The first-order valence-electron chi connectivity index (χ1n) is 4.54. The summed E-state index contributed by atoms with van der Waals surface area (Å²) in [5, 5.41) is 9.49. The third kappa shape index (κ3) is 2.42. The van der Waals surface area contributed by atoms with Gasteiger partial charge in [0.15, 0.2) is 6.10 Å². The number of aliphatic hydroxyl groups is 1. The summed E-state index contributed by atoms with van der Waals surface area (Å²) in [7, 11) is 1.27. The van der Waals surface area contributed by atoms with E-state index in [-0.39, 0.29) is 12.0 Å². The number of aliphatic hydroxyl groups excluding tert-OH is 1. The number of hydrogen-bond acceptors (Lipinski definition) is 4. The summed E-state index contributed by atoms with van der Waals surface area (Å²) >= 11 is 0. The molecule has 1 aliphatic rings. The van der Waals surface area contributed by atoms with Crippen molar-refractivity contribution in [3.63, 3.8) is 0 Å². The maximum atomic E-state index is 11.0. The molecule has 1 rings (SSSR count). The Balaban J connectivity index is 2.45. The average molecular weight is 188 g/mol. The molecule has 0 aromatic rings. The minimum atomic E-state index is -1.06. The molecule has 76 valence electrons. The second-order valence-electron chi connectivity index (χ2n) is 3.38. The van der Waals surface area contributed by atoms with Crippen molar-refractivity contribution in [1.29, 1.82) is 0 Å². The molecular formula is C9H16O4. The minimum absolute atomic E-state index is 0.00546. The molecule has 0 aromatic carbocycles. The summed E-state index contributed by atoms with van der Waals surface area (Å²) in [5.41, 5.74) is 0. The van der Waals surface area contributed by atoms with Gasteiger partial charge in [-0.05, 0) is 12.8 Å². The van der Waals surface area contributed by atoms with Crippen molar-refractivity contribution in [1.82, 2.24) is 0 Å². The fourth-order valence-electron chi connectivity index (χ4n) is 1.56. The highest BCUT2D eigenvalue weighted by Crippen LogP contribution is 2.22. The van der Waals surface area contributed by atoms with Crippen LogP contribution in [0.4, 0.5) is 0 Å². The first-order valence-corrected chi connectivity index (χ1v) is 4.54. The zero-order valence-corrected chi connectivity index (χ0v) is 8.03. The van der Waals surface area contributed by atoms with Crippen molar-refractivity contribution in [2.24, 2.45) is 5.92 Å². The van der Waals surface area contributed by atoms with Gasteiger partial charge >= 0.3 is 5.97 Å². The lowest BCUT2D eigenvalue weighted by molar-refractivity contribution is -0.155. The Bertz CT molecular complexity index is 174. The van der Waals surface area contributed by atoms with E-state index in [1.54, 1.807) is 6.92 Å². The molecule has 0 saturated carbocycles. The number of hydrogen-bond donors (Lipinski definition) is 1. The van der Waals surface area contributed by atoms with Crippen LogP contribution in [0.15, 0.2) is 0 Å². The summed E-state index contributed by atoms with van der Waals surface area (Å²) in [6, 6.07) is 0. The molecule has 0 amide bonds. The number of carbonyl (C=O) groups excluding carboxylic acids is 1. The standard InChI is InChI=1S/C9H16O4/c1-6(7-4-3-5-13-7)8(10)9(11)12-2/h6-8,10H,3-5H2,1-2H3/t6-,7+,8-/m0/s1. The summed E-state index contributed by atoms with van der Waals surface area (Å²) in [6.45, 7) is 2.53. The van der Waals surface area contributed by atoms with Crippen molar-refractivity contribution < 1.29 is 19.4 Å². The van der Waals surface area contributed by atoms with Gasteiger partial charge in [0.1, 0.15) is 0 Å². The molecular weight excluding hydrogens is 172 g/mol. The van der Waals surface area contributed by atoms with Gasteiger partial charge in [0.05, 0.1) is 13.2 Å². The van der Waals surface area contributed by atoms with Gasteiger partial charge in [-0.3, -0.25) is 0 Å². The van der Waals surface area contributed by atoms with Crippen LogP contribution < -0.4 is 0 Å². The topological polar surface area (TPSA) is 55.8 Å². The maximum Gasteiger partial charge on any atom is 0.335 e. The number of ether oxygens (including phenoxy) is 2. The zero-order valence-electron chi connectivity index (χ0n) is 8.03. The minimum Gasteiger partial charge on any atom is -0.467 e. The molecule has 0 radical (unpaired) electrons. The Hall–Kier alpha value is -0.610. The van der Waals surface area contributed by atoms with Crippen LogP contribution in [0.25, 0.3) is 0 Å². The fraction of sp³-hybridized carbons (Fsp3) is 0.889. The Morgan fingerprint density at radius 2 is 2.38 bits per heavy atom. The van der Waals surface area contributed by atoms with E-state index in [2.05, 4.69) is 4.74 Å². The SMILES string of the molecule is COC(=O)[C@@H](O)[C@@H](C)[C@H]1CCCO1. The molecule has 0 spiro atoms. The molecule has 1 heterocycles. The van der Waals surface area contributed by atoms with Gasteiger partial charge in [0.2, 0.25) is 0 Å². The van der Waals surface area contributed by atoms with Gasteiger partial charge < -0.3 is 14.6 Å². The Morgan fingerprint density at radius 3 is 2.85 bits per heavy atom. The molecule has 3 atom stereocenters. The van der Waals surface area contributed by atoms with Gasteiger partial charge in [-0.2, -0.15) is 0 Å². The van der Waals surface area contributed by atoms with Crippen molar-refractivity contribution in [3.05, 3.63) is 0 Å². The van der Waals surface area contributed by atoms with Crippen LogP contribution in [0.5, 0.6) is 0 Å². The summed E-state index contributed by atoms with van der Waals surface area (Å²) in [5.74, 6) is -0.766. The Morgan fingerprint density at radius 1 is 1.69 bits per heavy atom. The molecule has 0 aliphatic carbocycles. The van der Waals surface area contributed by atoms with Crippen LogP contribution in [0, 0.1) is 5.92 Å². The van der Waals surface area contributed by atoms with Crippen LogP contribution in [0.2, 0.25) is 0 Å². The second kappa shape index (κ2) is 4.58. The van der Waals surface area contributed by atoms with E-state index < -0.39 is 12.1 Å². The monoisotopic (exact) mass is 188 g/mol. The highest BCUT2D eigenvalue weighted by atomic mass is 16.5. The van der Waals surface area contributed by atoms with Crippen molar-refractivity contribution in [3.8, 4) is 0 Å². The summed E-state index contributed by atoms with van der Waals surface area (Å²) in [6.07, 6.45) is 0.847. The number of methoxy groups -OCH3 is 1. The van der Waals surface area contributed by atoms with E-state index in [0.29, 0.717) is 0 Å². The van der Waals surface area contributed by atoms with Gasteiger partial charge in [0, 0.05) is 12.5 Å². The number of rotatable bonds is 3. The smallest absolute Gasteiger partial charge is 0.335 e. The molecule has 4 heteroatoms. The molecule has 0 aromatic heterocycles. The third-order valence-electron chi connectivity index (χ3n) is 2.49. The average Bonchev–Trinajstić information content (AvgIpc) is 2.67. The largest absolute Gasteiger partial charge is 0.467 e. The van der Waals surface area contributed by atoms with Crippen LogP contribution in [-0.4, -0.2) is 37.0 Å². The van der Waals surface area contributed by atoms with Crippen LogP contribution in [0.3, 0.4) is 0 Å². The molecule has 4 nitrogen and oxygen atoms in total. The number of carbonyl (C=O) groups is 1. The molecule has 1 saturated heterocycles. The second-order valence-corrected chi connectivity index (χ2v) is 3.38. The van der Waals surface area contributed by atoms with Crippen LogP contribution in [-0.2, 0) is 14.3 Å². The molecule has 13 heavy (non-hydrogen) atoms. The predicted octanol–water partition coefficient (Wildman–Crippen LogP) is 0.335. The predicted molar refractivity (Wildman–Crippen MR) is 46.2 cm³/mol. The highest BCUT2D eigenvalue weighted by molar-refractivity contribution is 5.74. The van der Waals surface area contributed by atoms with Gasteiger partial charge in [-0.15, -0.1) is 0 Å². The van der Waals surface area contributed by atoms with E-state index in [1.165, 1.54) is 7.11 Å². The van der Waals surface area contributed by atoms with Gasteiger partial charge in [-0.1, -0.05) is 6.92 Å². The lowest BCUT2D eigenvalue weighted by Crippen LogP contribution is -2.35. The third-order valence-corrected chi connectivity index (χ3v) is 2.49. The van der Waals surface area contributed by atoms with Gasteiger partial charge in [-0.25, -0.2) is 4.79 Å². The van der Waals surface area contributed by atoms with E-state index >= 15 is 0 Å². The normalized spacial score (nSPS) is 26.8. The lowest BCUT2D eigenvalue weighted by atomic mass is 9.96. The Labute approximate surface area is 77.8 Å². The molecule has 1 N–H and O–H groups in total. The van der Waals surface area contributed by atoms with Crippen LogP contribution in [0.1, 0.15) is 19.8 Å². The molecule has 1 fully saturated rings. The fourth-order valence-corrected chi connectivity index (χ4v) is 1.56. The summed E-state index contributed by atoms with van der Waals surface area (Å²) < 4.78 is 9.81. The Kier molecular flexibility index (Phi) is 3.69. The highest BCUT2D eigenvalue weighted by Gasteiger charge is 2.32. The first kappa shape index (κ1) is 10.5. The molecule has 0 unspecified atom stereocenters. The molecule has 0 bridgehead atoms. The van der Waals surface area contributed by atoms with Crippen molar-refractivity contribution >= 4 is 5.97 Å². The quantitative estimate of drug-likeness (QED) is 0.649. The number of esters is 1. The first-order chi connectivity index (χ1) is 6.16. The van der Waals surface area contributed by atoms with Crippen molar-refractivity contribution in [2.75, 3.05) is 13.7 Å². The van der Waals surface area contributed by atoms with Gasteiger partial charge in [0.25, 0.3) is 0 Å². The van der Waals surface area contributed by atoms with Crippen molar-refractivity contribution in [2.45, 2.75) is 32.0 Å². The molecule has 1 aliphatic heterocycles.